The number of aldehydes is 1. The maximum absolute atomic E-state index is 12.6. The topological polar surface area (TPSA) is 52.6 Å². The second kappa shape index (κ2) is 6.41. The van der Waals surface area contributed by atoms with Gasteiger partial charge >= 0.3 is 0 Å². The summed E-state index contributed by atoms with van der Waals surface area (Å²) in [4.78, 5) is 23.5. The third-order valence-electron chi connectivity index (χ3n) is 3.01. The molecule has 0 atom stereocenters. The summed E-state index contributed by atoms with van der Waals surface area (Å²) in [6.45, 7) is 0. The van der Waals surface area contributed by atoms with Gasteiger partial charge in [-0.1, -0.05) is 23.7 Å². The Kier molecular flexibility index (Phi) is 4.60. The first kappa shape index (κ1) is 15.1. The highest BCUT2D eigenvalue weighted by atomic mass is 35.5. The number of ketones is 1. The highest BCUT2D eigenvalue weighted by Gasteiger charge is 2.17. The van der Waals surface area contributed by atoms with Crippen molar-refractivity contribution < 1.29 is 19.1 Å². The Hall–Kier alpha value is -2.33. The third kappa shape index (κ3) is 3.06. The summed E-state index contributed by atoms with van der Waals surface area (Å²) in [5.41, 5.74) is 0.907. The van der Waals surface area contributed by atoms with Gasteiger partial charge in [-0.25, -0.2) is 0 Å². The second-order valence-corrected chi connectivity index (χ2v) is 4.64. The van der Waals surface area contributed by atoms with Gasteiger partial charge in [0.1, 0.15) is 11.5 Å². The molecular weight excluding hydrogens is 292 g/mol. The van der Waals surface area contributed by atoms with E-state index in [0.29, 0.717) is 23.3 Å². The Morgan fingerprint density at radius 1 is 1.10 bits per heavy atom. The number of benzene rings is 2. The fraction of sp³-hybridized carbons (Fsp3) is 0.125. The SMILES string of the molecule is COc1cc(OC)cc(C(=O)c2cccc(C=O)c2Cl)c1. The zero-order valence-electron chi connectivity index (χ0n) is 11.6. The van der Waals surface area contributed by atoms with Crippen LogP contribution in [0, 0.1) is 0 Å². The molecule has 2 aromatic carbocycles. The molecule has 2 aromatic rings. The first-order valence-corrected chi connectivity index (χ1v) is 6.50. The fourth-order valence-corrected chi connectivity index (χ4v) is 2.17. The molecule has 0 N–H and O–H groups in total. The Morgan fingerprint density at radius 3 is 2.24 bits per heavy atom. The molecule has 2 rings (SSSR count). The molecule has 0 saturated heterocycles. The lowest BCUT2D eigenvalue weighted by Gasteiger charge is -2.09. The van der Waals surface area contributed by atoms with Crippen molar-refractivity contribution in [3.05, 3.63) is 58.1 Å². The van der Waals surface area contributed by atoms with Gasteiger partial charge in [-0.05, 0) is 18.2 Å². The first-order chi connectivity index (χ1) is 10.1. The van der Waals surface area contributed by atoms with Crippen LogP contribution in [0.1, 0.15) is 26.3 Å². The zero-order valence-corrected chi connectivity index (χ0v) is 12.3. The number of carbonyl (C=O) groups excluding carboxylic acids is 2. The molecule has 0 fully saturated rings. The summed E-state index contributed by atoms with van der Waals surface area (Å²) in [5.74, 6) is 0.696. The van der Waals surface area contributed by atoms with E-state index in [1.54, 1.807) is 36.4 Å². The summed E-state index contributed by atoms with van der Waals surface area (Å²) >= 11 is 6.09. The average Bonchev–Trinajstić information content (AvgIpc) is 2.53. The second-order valence-electron chi connectivity index (χ2n) is 4.26. The molecule has 0 aliphatic carbocycles. The van der Waals surface area contributed by atoms with Crippen LogP contribution in [-0.4, -0.2) is 26.3 Å². The number of methoxy groups -OCH3 is 2. The summed E-state index contributed by atoms with van der Waals surface area (Å²) in [5, 5.41) is 0.138. The largest absolute Gasteiger partial charge is 0.497 e. The Labute approximate surface area is 127 Å². The molecule has 0 saturated carbocycles. The summed E-state index contributed by atoms with van der Waals surface area (Å²) in [7, 11) is 3.01. The van der Waals surface area contributed by atoms with Crippen LogP contribution >= 0.6 is 11.6 Å². The number of hydrogen-bond acceptors (Lipinski definition) is 4. The maximum Gasteiger partial charge on any atom is 0.194 e. The zero-order chi connectivity index (χ0) is 15.4. The van der Waals surface area contributed by atoms with E-state index in [4.69, 9.17) is 21.1 Å². The summed E-state index contributed by atoms with van der Waals surface area (Å²) in [6.07, 6.45) is 0.616. The van der Waals surface area contributed by atoms with Crippen LogP contribution in [-0.2, 0) is 0 Å². The lowest BCUT2D eigenvalue weighted by Crippen LogP contribution is -2.04. The molecule has 0 amide bonds. The van der Waals surface area contributed by atoms with E-state index < -0.39 is 0 Å². The summed E-state index contributed by atoms with van der Waals surface area (Å²) in [6, 6.07) is 9.59. The lowest BCUT2D eigenvalue weighted by atomic mass is 10.0. The minimum absolute atomic E-state index is 0.138. The van der Waals surface area contributed by atoms with Crippen molar-refractivity contribution in [2.45, 2.75) is 0 Å². The molecular formula is C16H13ClO4. The van der Waals surface area contributed by atoms with Gasteiger partial charge in [-0.15, -0.1) is 0 Å². The number of hydrogen-bond donors (Lipinski definition) is 0. The van der Waals surface area contributed by atoms with Crippen LogP contribution < -0.4 is 9.47 Å². The molecule has 0 aromatic heterocycles. The van der Waals surface area contributed by atoms with Crippen molar-refractivity contribution in [3.63, 3.8) is 0 Å². The monoisotopic (exact) mass is 304 g/mol. The van der Waals surface area contributed by atoms with Crippen LogP contribution in [0.5, 0.6) is 11.5 Å². The van der Waals surface area contributed by atoms with Gasteiger partial charge in [0.2, 0.25) is 0 Å². The van der Waals surface area contributed by atoms with Gasteiger partial charge in [0, 0.05) is 22.8 Å². The highest BCUT2D eigenvalue weighted by Crippen LogP contribution is 2.27. The lowest BCUT2D eigenvalue weighted by molar-refractivity contribution is 0.103. The molecule has 0 heterocycles. The minimum Gasteiger partial charge on any atom is -0.497 e. The molecule has 0 bridgehead atoms. The van der Waals surface area contributed by atoms with Gasteiger partial charge in [0.25, 0.3) is 0 Å². The molecule has 5 heteroatoms. The van der Waals surface area contributed by atoms with E-state index in [2.05, 4.69) is 0 Å². The smallest absolute Gasteiger partial charge is 0.194 e. The maximum atomic E-state index is 12.6. The molecule has 108 valence electrons. The van der Waals surface area contributed by atoms with E-state index in [0.717, 1.165) is 0 Å². The van der Waals surface area contributed by atoms with Crippen molar-refractivity contribution in [3.8, 4) is 11.5 Å². The number of rotatable bonds is 5. The van der Waals surface area contributed by atoms with Gasteiger partial charge in [0.15, 0.2) is 12.1 Å². The van der Waals surface area contributed by atoms with Gasteiger partial charge in [-0.3, -0.25) is 9.59 Å². The standard InChI is InChI=1S/C16H13ClO4/c1-20-12-6-11(7-13(8-12)21-2)16(19)14-5-3-4-10(9-18)15(14)17/h3-9H,1-2H3. The third-order valence-corrected chi connectivity index (χ3v) is 3.44. The van der Waals surface area contributed by atoms with E-state index in [-0.39, 0.29) is 21.9 Å². The fourth-order valence-electron chi connectivity index (χ4n) is 1.91. The van der Waals surface area contributed by atoms with E-state index in [9.17, 15) is 9.59 Å². The minimum atomic E-state index is -0.305. The van der Waals surface area contributed by atoms with Crippen molar-refractivity contribution in [1.82, 2.24) is 0 Å². The average molecular weight is 305 g/mol. The molecule has 0 aliphatic heterocycles. The van der Waals surface area contributed by atoms with Crippen LogP contribution in [0.15, 0.2) is 36.4 Å². The number of halogens is 1. The van der Waals surface area contributed by atoms with Crippen molar-refractivity contribution in [2.75, 3.05) is 14.2 Å². The van der Waals surface area contributed by atoms with E-state index in [1.165, 1.54) is 14.2 Å². The molecule has 0 radical (unpaired) electrons. The van der Waals surface area contributed by atoms with Gasteiger partial charge in [0.05, 0.1) is 19.2 Å². The summed E-state index contributed by atoms with van der Waals surface area (Å²) < 4.78 is 10.3. The molecule has 0 aliphatic rings. The molecule has 0 unspecified atom stereocenters. The van der Waals surface area contributed by atoms with Gasteiger partial charge < -0.3 is 9.47 Å². The van der Waals surface area contributed by atoms with Gasteiger partial charge in [-0.2, -0.15) is 0 Å². The van der Waals surface area contributed by atoms with E-state index in [1.807, 2.05) is 0 Å². The Morgan fingerprint density at radius 2 is 1.71 bits per heavy atom. The Bertz CT molecular complexity index is 672. The van der Waals surface area contributed by atoms with Crippen molar-refractivity contribution in [1.29, 1.82) is 0 Å². The first-order valence-electron chi connectivity index (χ1n) is 6.12. The quantitative estimate of drug-likeness (QED) is 0.627. The molecule has 4 nitrogen and oxygen atoms in total. The van der Waals surface area contributed by atoms with Crippen LogP contribution in [0.3, 0.4) is 0 Å². The van der Waals surface area contributed by atoms with Crippen LogP contribution in [0.2, 0.25) is 5.02 Å². The number of ether oxygens (including phenoxy) is 2. The van der Waals surface area contributed by atoms with Crippen LogP contribution in [0.25, 0.3) is 0 Å². The predicted molar refractivity (Wildman–Crippen MR) is 79.8 cm³/mol. The van der Waals surface area contributed by atoms with E-state index >= 15 is 0 Å². The van der Waals surface area contributed by atoms with Crippen LogP contribution in [0.4, 0.5) is 0 Å². The predicted octanol–water partition coefficient (Wildman–Crippen LogP) is 3.40. The Balaban J connectivity index is 2.52. The van der Waals surface area contributed by atoms with Crippen molar-refractivity contribution >= 4 is 23.7 Å². The number of carbonyl (C=O) groups is 2. The highest BCUT2D eigenvalue weighted by molar-refractivity contribution is 6.37. The van der Waals surface area contributed by atoms with Crippen molar-refractivity contribution in [2.24, 2.45) is 0 Å². The normalized spacial score (nSPS) is 10.0. The molecule has 21 heavy (non-hydrogen) atoms. The molecule has 0 spiro atoms.